The van der Waals surface area contributed by atoms with Crippen molar-refractivity contribution in [3.8, 4) is 16.9 Å². The normalized spacial score (nSPS) is 14.1. The predicted octanol–water partition coefficient (Wildman–Crippen LogP) is 4.17. The lowest BCUT2D eigenvalue weighted by Crippen LogP contribution is -2.26. The van der Waals surface area contributed by atoms with Gasteiger partial charge in [0.25, 0.3) is 5.91 Å². The van der Waals surface area contributed by atoms with Crippen LogP contribution in [-0.2, 0) is 4.79 Å². The number of rotatable bonds is 5. The van der Waals surface area contributed by atoms with Crippen molar-refractivity contribution in [3.63, 3.8) is 0 Å². The summed E-state index contributed by atoms with van der Waals surface area (Å²) < 4.78 is 5.52. The number of benzene rings is 2. The Morgan fingerprint density at radius 1 is 0.917 bits per heavy atom. The number of ether oxygens (including phenoxy) is 1. The Hall–Kier alpha value is -2.62. The van der Waals surface area contributed by atoms with Crippen LogP contribution in [-0.4, -0.2) is 18.2 Å². The van der Waals surface area contributed by atoms with Gasteiger partial charge in [0.2, 0.25) is 0 Å². The minimum absolute atomic E-state index is 0.0263. The molecule has 0 heterocycles. The molecular formula is C20H22N2O2. The molecule has 1 saturated carbocycles. The Kier molecular flexibility index (Phi) is 5.61. The van der Waals surface area contributed by atoms with Crippen LogP contribution < -0.4 is 10.2 Å². The average molecular weight is 322 g/mol. The lowest BCUT2D eigenvalue weighted by Gasteiger charge is -2.12. The first-order valence-electron chi connectivity index (χ1n) is 8.44. The molecule has 4 nitrogen and oxygen atoms in total. The van der Waals surface area contributed by atoms with Gasteiger partial charge in [-0.1, -0.05) is 48.9 Å². The van der Waals surface area contributed by atoms with Gasteiger partial charge in [-0.3, -0.25) is 4.79 Å². The van der Waals surface area contributed by atoms with E-state index in [2.05, 4.69) is 22.7 Å². The van der Waals surface area contributed by atoms with Crippen molar-refractivity contribution in [2.45, 2.75) is 32.1 Å². The summed E-state index contributed by atoms with van der Waals surface area (Å²) in [5, 5.41) is 4.19. The number of nitrogens with zero attached hydrogens (tertiary/aromatic N) is 1. The summed E-state index contributed by atoms with van der Waals surface area (Å²) in [6, 6.07) is 17.9. The van der Waals surface area contributed by atoms with E-state index in [1.807, 2.05) is 42.5 Å². The molecule has 0 atom stereocenters. The quantitative estimate of drug-likeness (QED) is 0.840. The van der Waals surface area contributed by atoms with Gasteiger partial charge in [0.05, 0.1) is 0 Å². The summed E-state index contributed by atoms with van der Waals surface area (Å²) >= 11 is 0. The fourth-order valence-corrected chi connectivity index (χ4v) is 2.77. The smallest absolute Gasteiger partial charge is 0.277 e. The molecule has 0 unspecified atom stereocenters. The van der Waals surface area contributed by atoms with E-state index in [0.29, 0.717) is 5.75 Å². The molecule has 2 aromatic rings. The van der Waals surface area contributed by atoms with Gasteiger partial charge in [0, 0.05) is 5.71 Å². The first kappa shape index (κ1) is 16.2. The summed E-state index contributed by atoms with van der Waals surface area (Å²) in [5.74, 6) is 0.454. The number of carbonyl (C=O) groups is 1. The van der Waals surface area contributed by atoms with Crippen LogP contribution in [0.25, 0.3) is 11.1 Å². The van der Waals surface area contributed by atoms with Gasteiger partial charge in [-0.25, -0.2) is 5.43 Å². The van der Waals surface area contributed by atoms with Gasteiger partial charge >= 0.3 is 0 Å². The van der Waals surface area contributed by atoms with E-state index in [1.54, 1.807) is 0 Å². The zero-order valence-electron chi connectivity index (χ0n) is 13.7. The van der Waals surface area contributed by atoms with Crippen molar-refractivity contribution >= 4 is 11.6 Å². The van der Waals surface area contributed by atoms with Gasteiger partial charge in [-0.2, -0.15) is 5.10 Å². The van der Waals surface area contributed by atoms with Crippen LogP contribution in [0.4, 0.5) is 0 Å². The third-order valence-electron chi connectivity index (χ3n) is 4.10. The molecule has 4 heteroatoms. The molecule has 0 radical (unpaired) electrons. The molecule has 124 valence electrons. The van der Waals surface area contributed by atoms with Gasteiger partial charge < -0.3 is 4.74 Å². The van der Waals surface area contributed by atoms with E-state index in [-0.39, 0.29) is 12.5 Å². The van der Waals surface area contributed by atoms with Crippen LogP contribution in [0.5, 0.6) is 5.75 Å². The van der Waals surface area contributed by atoms with Gasteiger partial charge in [-0.15, -0.1) is 0 Å². The maximum atomic E-state index is 11.8. The minimum atomic E-state index is -0.222. The number of hydrogen-bond acceptors (Lipinski definition) is 3. The third-order valence-corrected chi connectivity index (χ3v) is 4.10. The molecule has 1 N–H and O–H groups in total. The van der Waals surface area contributed by atoms with E-state index in [9.17, 15) is 4.79 Å². The summed E-state index contributed by atoms with van der Waals surface area (Å²) in [7, 11) is 0. The largest absolute Gasteiger partial charge is 0.484 e. The zero-order chi connectivity index (χ0) is 16.6. The summed E-state index contributed by atoms with van der Waals surface area (Å²) in [6.07, 6.45) is 5.57. The van der Waals surface area contributed by atoms with Crippen molar-refractivity contribution in [1.82, 2.24) is 5.43 Å². The van der Waals surface area contributed by atoms with Crippen LogP contribution in [0, 0.1) is 0 Å². The minimum Gasteiger partial charge on any atom is -0.484 e. The van der Waals surface area contributed by atoms with E-state index in [1.165, 1.54) is 19.3 Å². The topological polar surface area (TPSA) is 50.7 Å². The molecule has 0 aliphatic heterocycles. The third kappa shape index (κ3) is 4.69. The molecule has 3 rings (SSSR count). The van der Waals surface area contributed by atoms with E-state index in [0.717, 1.165) is 29.7 Å². The molecule has 1 fully saturated rings. The highest BCUT2D eigenvalue weighted by atomic mass is 16.5. The van der Waals surface area contributed by atoms with Gasteiger partial charge in [0.15, 0.2) is 6.61 Å². The summed E-state index contributed by atoms with van der Waals surface area (Å²) in [6.45, 7) is -0.0263. The number of amides is 1. The SMILES string of the molecule is O=C(COc1ccc(-c2ccccc2)cc1)NN=C1CCCCC1. The first-order valence-corrected chi connectivity index (χ1v) is 8.44. The van der Waals surface area contributed by atoms with Crippen molar-refractivity contribution in [2.75, 3.05) is 6.61 Å². The molecule has 0 aromatic heterocycles. The highest BCUT2D eigenvalue weighted by Crippen LogP contribution is 2.22. The highest BCUT2D eigenvalue weighted by molar-refractivity contribution is 5.87. The van der Waals surface area contributed by atoms with Crippen LogP contribution in [0.2, 0.25) is 0 Å². The lowest BCUT2D eigenvalue weighted by molar-refractivity contribution is -0.123. The molecule has 0 bridgehead atoms. The second kappa shape index (κ2) is 8.29. The fraction of sp³-hybridized carbons (Fsp3) is 0.300. The summed E-state index contributed by atoms with van der Waals surface area (Å²) in [4.78, 5) is 11.8. The Bertz CT molecular complexity index is 685. The Morgan fingerprint density at radius 2 is 1.58 bits per heavy atom. The van der Waals surface area contributed by atoms with E-state index in [4.69, 9.17) is 4.74 Å². The first-order chi connectivity index (χ1) is 11.8. The Morgan fingerprint density at radius 3 is 2.29 bits per heavy atom. The molecule has 2 aromatic carbocycles. The number of hydrazone groups is 1. The molecule has 1 amide bonds. The van der Waals surface area contributed by atoms with Crippen molar-refractivity contribution in [3.05, 3.63) is 54.6 Å². The molecule has 1 aliphatic carbocycles. The molecule has 24 heavy (non-hydrogen) atoms. The fourth-order valence-electron chi connectivity index (χ4n) is 2.77. The Balaban J connectivity index is 1.48. The second-order valence-corrected chi connectivity index (χ2v) is 5.95. The second-order valence-electron chi connectivity index (χ2n) is 5.95. The van der Waals surface area contributed by atoms with Crippen LogP contribution in [0.3, 0.4) is 0 Å². The summed E-state index contributed by atoms with van der Waals surface area (Å²) in [5.41, 5.74) is 5.95. The maximum absolute atomic E-state index is 11.8. The van der Waals surface area contributed by atoms with Gasteiger partial charge in [-0.05, 0) is 48.9 Å². The van der Waals surface area contributed by atoms with E-state index >= 15 is 0 Å². The predicted molar refractivity (Wildman–Crippen MR) is 96.0 cm³/mol. The molecule has 1 aliphatic rings. The van der Waals surface area contributed by atoms with Crippen LogP contribution in [0.1, 0.15) is 32.1 Å². The van der Waals surface area contributed by atoms with Gasteiger partial charge in [0.1, 0.15) is 5.75 Å². The average Bonchev–Trinajstić information content (AvgIpc) is 2.67. The van der Waals surface area contributed by atoms with Crippen molar-refractivity contribution in [2.24, 2.45) is 5.10 Å². The molecule has 0 saturated heterocycles. The number of hydrogen-bond donors (Lipinski definition) is 1. The number of nitrogens with one attached hydrogen (secondary N) is 1. The lowest BCUT2D eigenvalue weighted by atomic mass is 9.99. The van der Waals surface area contributed by atoms with Crippen LogP contribution in [0.15, 0.2) is 59.7 Å². The van der Waals surface area contributed by atoms with Crippen LogP contribution >= 0.6 is 0 Å². The molecule has 0 spiro atoms. The molecular weight excluding hydrogens is 300 g/mol. The Labute approximate surface area is 142 Å². The van der Waals surface area contributed by atoms with Crippen molar-refractivity contribution < 1.29 is 9.53 Å². The van der Waals surface area contributed by atoms with Crippen molar-refractivity contribution in [1.29, 1.82) is 0 Å². The monoisotopic (exact) mass is 322 g/mol. The highest BCUT2D eigenvalue weighted by Gasteiger charge is 2.08. The zero-order valence-corrected chi connectivity index (χ0v) is 13.7. The standard InChI is InChI=1S/C20H22N2O2/c23-20(22-21-18-9-5-2-6-10-18)15-24-19-13-11-17(12-14-19)16-7-3-1-4-8-16/h1,3-4,7-8,11-14H,2,5-6,9-10,15H2,(H,22,23). The number of carbonyl (C=O) groups excluding carboxylic acids is 1. The maximum Gasteiger partial charge on any atom is 0.277 e. The van der Waals surface area contributed by atoms with E-state index < -0.39 is 0 Å².